The summed E-state index contributed by atoms with van der Waals surface area (Å²) in [5.41, 5.74) is -2.53. The predicted molar refractivity (Wildman–Crippen MR) is 57.5 cm³/mol. The number of pyridine rings is 1. The molecule has 1 aromatic rings. The Balaban J connectivity index is 3.97. The molecule has 0 aliphatic carbocycles. The van der Waals surface area contributed by atoms with E-state index in [9.17, 15) is 0 Å². The van der Waals surface area contributed by atoms with Crippen molar-refractivity contribution in [1.82, 2.24) is 4.98 Å². The van der Waals surface area contributed by atoms with Gasteiger partial charge in [0.1, 0.15) is 0 Å². The second-order valence-corrected chi connectivity index (χ2v) is 2.54. The minimum atomic E-state index is -3.71. The molecule has 1 rings (SSSR count). The van der Waals surface area contributed by atoms with E-state index < -0.39 is 56.7 Å². The standard InChI is InChI=1S/C10H16BNO2/c1-4-7(2)10-8(3)5-9(6-12-10)11(13)14/h5-7,13-14H,4H2,1-3H3/i1D3,2D3,3D3,4D2,7D. The molecule has 1 heterocycles. The summed E-state index contributed by atoms with van der Waals surface area (Å²) in [6.45, 7) is -10.3. The topological polar surface area (TPSA) is 53.4 Å². The van der Waals surface area contributed by atoms with E-state index in [1.165, 1.54) is 0 Å². The third kappa shape index (κ3) is 2.33. The van der Waals surface area contributed by atoms with Gasteiger partial charge in [0.25, 0.3) is 0 Å². The van der Waals surface area contributed by atoms with Crippen LogP contribution in [0.1, 0.15) is 53.7 Å². The van der Waals surface area contributed by atoms with Gasteiger partial charge in [-0.3, -0.25) is 4.98 Å². The summed E-state index contributed by atoms with van der Waals surface area (Å²) >= 11 is 0. The zero-order valence-corrected chi connectivity index (χ0v) is 7.07. The van der Waals surface area contributed by atoms with Crippen LogP contribution in [0.5, 0.6) is 0 Å². The highest BCUT2D eigenvalue weighted by Crippen LogP contribution is 2.18. The molecule has 0 aliphatic heterocycles. The van der Waals surface area contributed by atoms with E-state index in [4.69, 9.17) is 26.5 Å². The molecule has 0 amide bonds. The number of hydrogen-bond donors (Lipinski definition) is 2. The summed E-state index contributed by atoms with van der Waals surface area (Å²) in [5, 5.41) is 18.3. The van der Waals surface area contributed by atoms with Gasteiger partial charge in [-0.25, -0.2) is 0 Å². The Hall–Kier alpha value is -0.865. The first-order chi connectivity index (χ1) is 11.3. The third-order valence-corrected chi connectivity index (χ3v) is 1.57. The maximum Gasteiger partial charge on any atom is 0.490 e. The van der Waals surface area contributed by atoms with E-state index in [1.807, 2.05) is 0 Å². The predicted octanol–water partition coefficient (Wildman–Crippen LogP) is 0.583. The van der Waals surface area contributed by atoms with Crippen molar-refractivity contribution in [3.8, 4) is 0 Å². The molecule has 0 saturated heterocycles. The minimum Gasteiger partial charge on any atom is -0.423 e. The van der Waals surface area contributed by atoms with Gasteiger partial charge in [-0.2, -0.15) is 0 Å². The van der Waals surface area contributed by atoms with E-state index >= 15 is 0 Å². The highest BCUT2D eigenvalue weighted by atomic mass is 16.4. The van der Waals surface area contributed by atoms with Crippen LogP contribution in [0.25, 0.3) is 0 Å². The Morgan fingerprint density at radius 3 is 3.21 bits per heavy atom. The number of hydrogen-bond acceptors (Lipinski definition) is 3. The Morgan fingerprint density at radius 2 is 2.64 bits per heavy atom. The molecule has 0 saturated carbocycles. The fourth-order valence-corrected chi connectivity index (χ4v) is 0.881. The molecule has 14 heavy (non-hydrogen) atoms. The monoisotopic (exact) mass is 205 g/mol. The van der Waals surface area contributed by atoms with Crippen LogP contribution in [0.4, 0.5) is 0 Å². The van der Waals surface area contributed by atoms with Gasteiger partial charge in [0.05, 0.1) is 0 Å². The van der Waals surface area contributed by atoms with Gasteiger partial charge in [0.15, 0.2) is 0 Å². The van der Waals surface area contributed by atoms with Gasteiger partial charge in [-0.05, 0) is 24.7 Å². The summed E-state index contributed by atoms with van der Waals surface area (Å²) in [4.78, 5) is 3.47. The molecule has 0 aliphatic rings. The molecule has 0 radical (unpaired) electrons. The normalized spacial score (nSPS) is 31.3. The second kappa shape index (κ2) is 4.57. The Morgan fingerprint density at radius 1 is 1.79 bits per heavy atom. The fraction of sp³-hybridized carbons (Fsp3) is 0.500. The van der Waals surface area contributed by atoms with Crippen LogP contribution < -0.4 is 5.46 Å². The van der Waals surface area contributed by atoms with Crippen molar-refractivity contribution in [2.24, 2.45) is 0 Å². The lowest BCUT2D eigenvalue weighted by Gasteiger charge is -2.12. The molecule has 2 N–H and O–H groups in total. The molecule has 3 nitrogen and oxygen atoms in total. The Labute approximate surface area is 102 Å². The smallest absolute Gasteiger partial charge is 0.423 e. The van der Waals surface area contributed by atoms with Crippen LogP contribution in [0.3, 0.4) is 0 Å². The van der Waals surface area contributed by atoms with Crippen LogP contribution in [0.2, 0.25) is 0 Å². The first-order valence-electron chi connectivity index (χ1n) is 9.65. The van der Waals surface area contributed by atoms with Gasteiger partial charge < -0.3 is 10.0 Å². The van der Waals surface area contributed by atoms with Gasteiger partial charge >= 0.3 is 7.12 Å². The van der Waals surface area contributed by atoms with Crippen LogP contribution in [-0.2, 0) is 0 Å². The number of rotatable bonds is 3. The summed E-state index contributed by atoms with van der Waals surface area (Å²) in [6.07, 6.45) is -3.06. The highest BCUT2D eigenvalue weighted by Gasteiger charge is 2.14. The average molecular weight is 205 g/mol. The molecule has 0 spiro atoms. The molecule has 76 valence electrons. The van der Waals surface area contributed by atoms with Crippen molar-refractivity contribution in [3.05, 3.63) is 23.5 Å². The molecule has 1 unspecified atom stereocenters. The Bertz CT molecular complexity index is 667. The number of aryl methyl sites for hydroxylation is 1. The Kier molecular flexibility index (Phi) is 1.00. The highest BCUT2D eigenvalue weighted by molar-refractivity contribution is 6.58. The maximum absolute atomic E-state index is 9.17. The van der Waals surface area contributed by atoms with Gasteiger partial charge in [0.2, 0.25) is 0 Å². The first kappa shape index (κ1) is 3.06. The molecule has 1 aromatic heterocycles. The van der Waals surface area contributed by atoms with Crippen molar-refractivity contribution < 1.29 is 26.5 Å². The summed E-state index contributed by atoms with van der Waals surface area (Å²) in [6, 6.07) is 0.643. The molecule has 4 heteroatoms. The van der Waals surface area contributed by atoms with Crippen LogP contribution in [0, 0.1) is 6.85 Å². The van der Waals surface area contributed by atoms with Gasteiger partial charge in [0, 0.05) is 33.8 Å². The van der Waals surface area contributed by atoms with E-state index in [2.05, 4.69) is 4.98 Å². The average Bonchev–Trinajstić information content (AvgIpc) is 2.42. The molecular formula is C10H16BNO2. The van der Waals surface area contributed by atoms with Crippen molar-refractivity contribution in [2.75, 3.05) is 0 Å². The fourth-order valence-electron chi connectivity index (χ4n) is 0.881. The lowest BCUT2D eigenvalue weighted by Crippen LogP contribution is -2.30. The van der Waals surface area contributed by atoms with Crippen LogP contribution in [-0.4, -0.2) is 22.2 Å². The van der Waals surface area contributed by atoms with E-state index in [1.54, 1.807) is 0 Å². The van der Waals surface area contributed by atoms with Crippen molar-refractivity contribution in [2.45, 2.75) is 32.8 Å². The molecule has 0 fully saturated rings. The van der Waals surface area contributed by atoms with Crippen LogP contribution in [0.15, 0.2) is 12.3 Å². The second-order valence-electron chi connectivity index (χ2n) is 2.54. The minimum absolute atomic E-state index is 0.442. The lowest BCUT2D eigenvalue weighted by molar-refractivity contribution is 0.425. The van der Waals surface area contributed by atoms with Gasteiger partial charge in [-0.15, -0.1) is 0 Å². The zero-order valence-electron chi connectivity index (χ0n) is 19.1. The lowest BCUT2D eigenvalue weighted by atomic mass is 9.80. The molecular weight excluding hydrogens is 177 g/mol. The quantitative estimate of drug-likeness (QED) is 0.710. The van der Waals surface area contributed by atoms with Crippen molar-refractivity contribution >= 4 is 12.6 Å². The van der Waals surface area contributed by atoms with E-state index in [0.29, 0.717) is 12.3 Å². The number of aromatic nitrogens is 1. The molecule has 1 atom stereocenters. The summed E-state index contributed by atoms with van der Waals surface area (Å²) < 4.78 is 90.8. The van der Waals surface area contributed by atoms with Crippen molar-refractivity contribution in [3.63, 3.8) is 0 Å². The SMILES string of the molecule is [2H]C([2H])([2H])c1cc(B(O)O)cnc1C([2H])(C([2H])([2H])[2H])C([2H])([2H])C([2H])([2H])[2H]. The van der Waals surface area contributed by atoms with Gasteiger partial charge in [-0.1, -0.05) is 19.8 Å². The van der Waals surface area contributed by atoms with E-state index in [0.717, 1.165) is 0 Å². The number of nitrogens with zero attached hydrogens (tertiary/aromatic N) is 1. The van der Waals surface area contributed by atoms with E-state index in [-0.39, 0.29) is 0 Å². The summed E-state index contributed by atoms with van der Waals surface area (Å²) in [5.74, 6) is -3.58. The zero-order chi connectivity index (χ0) is 20.9. The third-order valence-electron chi connectivity index (χ3n) is 1.57. The van der Waals surface area contributed by atoms with Crippen LogP contribution >= 0.6 is 0 Å². The molecule has 0 aromatic carbocycles. The first-order valence-corrected chi connectivity index (χ1v) is 3.65. The molecule has 0 bridgehead atoms. The maximum atomic E-state index is 9.17. The summed E-state index contributed by atoms with van der Waals surface area (Å²) in [7, 11) is -2.16. The largest absolute Gasteiger partial charge is 0.490 e. The van der Waals surface area contributed by atoms with Crippen molar-refractivity contribution in [1.29, 1.82) is 0 Å².